The fourth-order valence-electron chi connectivity index (χ4n) is 1.33. The van der Waals surface area contributed by atoms with Gasteiger partial charge in [0.1, 0.15) is 0 Å². The molecule has 1 saturated carbocycles. The Labute approximate surface area is 84.6 Å². The van der Waals surface area contributed by atoms with E-state index in [0.717, 1.165) is 30.6 Å². The molecule has 5 heteroatoms. The molecule has 0 spiro atoms. The first-order valence-electron chi connectivity index (χ1n) is 4.41. The van der Waals surface area contributed by atoms with Crippen LogP contribution in [0.2, 0.25) is 0 Å². The molecule has 0 atom stereocenters. The number of rotatable bonds is 3. The number of hydrogen-bond donors (Lipinski definition) is 1. The Kier molecular flexibility index (Phi) is 2.33. The standard InChI is InChI=1S/C9H9NO3S/c11-7(5-2-1-3-5)8-10-6(4-14-8)9(12)13/h4-5H,1-3H2,(H,12,13). The summed E-state index contributed by atoms with van der Waals surface area (Å²) in [5.74, 6) is -0.981. The van der Waals surface area contributed by atoms with Crippen LogP contribution in [0.25, 0.3) is 0 Å². The zero-order valence-corrected chi connectivity index (χ0v) is 8.21. The van der Waals surface area contributed by atoms with Gasteiger partial charge in [0.25, 0.3) is 0 Å². The number of aromatic nitrogens is 1. The van der Waals surface area contributed by atoms with Crippen LogP contribution in [0.15, 0.2) is 5.38 Å². The number of carboxylic acids is 1. The Bertz CT molecular complexity index is 381. The summed E-state index contributed by atoms with van der Waals surface area (Å²) in [7, 11) is 0. The molecular formula is C9H9NO3S. The number of aromatic carboxylic acids is 1. The minimum atomic E-state index is -1.08. The molecule has 1 fully saturated rings. The molecule has 2 rings (SSSR count). The van der Waals surface area contributed by atoms with Crippen LogP contribution < -0.4 is 0 Å². The van der Waals surface area contributed by atoms with Crippen LogP contribution in [-0.2, 0) is 0 Å². The SMILES string of the molecule is O=C(O)c1csc(C(=O)C2CCC2)n1. The first kappa shape index (κ1) is 9.33. The first-order chi connectivity index (χ1) is 6.68. The number of nitrogens with zero attached hydrogens (tertiary/aromatic N) is 1. The minimum Gasteiger partial charge on any atom is -0.476 e. The average molecular weight is 211 g/mol. The van der Waals surface area contributed by atoms with Gasteiger partial charge in [-0.05, 0) is 12.8 Å². The van der Waals surface area contributed by atoms with Crippen molar-refractivity contribution in [2.24, 2.45) is 5.92 Å². The zero-order chi connectivity index (χ0) is 10.1. The summed E-state index contributed by atoms with van der Waals surface area (Å²) < 4.78 is 0. The van der Waals surface area contributed by atoms with Crippen LogP contribution in [-0.4, -0.2) is 21.8 Å². The molecule has 0 saturated heterocycles. The second-order valence-electron chi connectivity index (χ2n) is 3.34. The lowest BCUT2D eigenvalue weighted by atomic mass is 9.82. The smallest absolute Gasteiger partial charge is 0.355 e. The summed E-state index contributed by atoms with van der Waals surface area (Å²) in [6, 6.07) is 0. The fourth-order valence-corrected chi connectivity index (χ4v) is 2.14. The molecule has 0 radical (unpaired) electrons. The maximum absolute atomic E-state index is 11.6. The Morgan fingerprint density at radius 3 is 2.64 bits per heavy atom. The van der Waals surface area contributed by atoms with E-state index in [4.69, 9.17) is 5.11 Å². The summed E-state index contributed by atoms with van der Waals surface area (Å²) >= 11 is 1.12. The maximum Gasteiger partial charge on any atom is 0.355 e. The molecule has 74 valence electrons. The van der Waals surface area contributed by atoms with Crippen LogP contribution in [0.4, 0.5) is 0 Å². The minimum absolute atomic E-state index is 0.00810. The first-order valence-corrected chi connectivity index (χ1v) is 5.29. The van der Waals surface area contributed by atoms with Crippen molar-refractivity contribution in [1.82, 2.24) is 4.98 Å². The van der Waals surface area contributed by atoms with Crippen molar-refractivity contribution in [3.8, 4) is 0 Å². The average Bonchev–Trinajstić information content (AvgIpc) is 2.48. The van der Waals surface area contributed by atoms with Crippen molar-refractivity contribution >= 4 is 23.1 Å². The predicted octanol–water partition coefficient (Wildman–Crippen LogP) is 1.82. The molecule has 1 aromatic rings. The number of carbonyl (C=O) groups is 2. The molecule has 0 unspecified atom stereocenters. The summed E-state index contributed by atoms with van der Waals surface area (Å²) in [6.45, 7) is 0. The van der Waals surface area contributed by atoms with Crippen LogP contribution in [0.3, 0.4) is 0 Å². The van der Waals surface area contributed by atoms with Gasteiger partial charge in [0.15, 0.2) is 16.5 Å². The lowest BCUT2D eigenvalue weighted by Crippen LogP contribution is -2.21. The monoisotopic (exact) mass is 211 g/mol. The van der Waals surface area contributed by atoms with E-state index in [2.05, 4.69) is 4.98 Å². The van der Waals surface area contributed by atoms with Gasteiger partial charge in [-0.3, -0.25) is 4.79 Å². The molecule has 1 N–H and O–H groups in total. The van der Waals surface area contributed by atoms with Crippen LogP contribution >= 0.6 is 11.3 Å². The van der Waals surface area contributed by atoms with E-state index in [1.807, 2.05) is 0 Å². The van der Waals surface area contributed by atoms with E-state index in [1.54, 1.807) is 0 Å². The predicted molar refractivity (Wildman–Crippen MR) is 50.7 cm³/mol. The Morgan fingerprint density at radius 1 is 1.50 bits per heavy atom. The van der Waals surface area contributed by atoms with Gasteiger partial charge in [-0.15, -0.1) is 11.3 Å². The van der Waals surface area contributed by atoms with Crippen LogP contribution in [0.5, 0.6) is 0 Å². The highest BCUT2D eigenvalue weighted by Crippen LogP contribution is 2.30. The van der Waals surface area contributed by atoms with Gasteiger partial charge >= 0.3 is 5.97 Å². The van der Waals surface area contributed by atoms with E-state index in [1.165, 1.54) is 5.38 Å². The van der Waals surface area contributed by atoms with Gasteiger partial charge in [-0.25, -0.2) is 9.78 Å². The molecule has 0 aliphatic heterocycles. The number of hydrogen-bond acceptors (Lipinski definition) is 4. The van der Waals surface area contributed by atoms with E-state index in [9.17, 15) is 9.59 Å². The fraction of sp³-hybridized carbons (Fsp3) is 0.444. The van der Waals surface area contributed by atoms with Gasteiger partial charge in [-0.1, -0.05) is 6.42 Å². The number of carboxylic acid groups (broad SMARTS) is 1. The normalized spacial score (nSPS) is 16.3. The molecule has 14 heavy (non-hydrogen) atoms. The van der Waals surface area contributed by atoms with Crippen LogP contribution in [0.1, 0.15) is 39.6 Å². The van der Waals surface area contributed by atoms with Crippen molar-refractivity contribution < 1.29 is 14.7 Å². The zero-order valence-electron chi connectivity index (χ0n) is 7.40. The highest BCUT2D eigenvalue weighted by molar-refractivity contribution is 7.12. The Hall–Kier alpha value is -1.23. The van der Waals surface area contributed by atoms with Gasteiger partial charge in [0.05, 0.1) is 0 Å². The second-order valence-corrected chi connectivity index (χ2v) is 4.19. The maximum atomic E-state index is 11.6. The van der Waals surface area contributed by atoms with Crippen molar-refractivity contribution in [2.45, 2.75) is 19.3 Å². The number of Topliss-reactive ketones (excluding diaryl/α,β-unsaturated/α-hetero) is 1. The number of ketones is 1. The van der Waals surface area contributed by atoms with Crippen molar-refractivity contribution in [3.05, 3.63) is 16.1 Å². The lowest BCUT2D eigenvalue weighted by molar-refractivity contribution is 0.0691. The molecule has 1 aliphatic carbocycles. The van der Waals surface area contributed by atoms with Gasteiger partial charge < -0.3 is 5.11 Å². The molecule has 0 amide bonds. The third-order valence-electron chi connectivity index (χ3n) is 2.41. The van der Waals surface area contributed by atoms with E-state index < -0.39 is 5.97 Å². The lowest BCUT2D eigenvalue weighted by Gasteiger charge is -2.22. The molecule has 1 heterocycles. The quantitative estimate of drug-likeness (QED) is 0.774. The Balaban J connectivity index is 2.15. The molecule has 1 aromatic heterocycles. The van der Waals surface area contributed by atoms with Gasteiger partial charge in [0.2, 0.25) is 0 Å². The molecule has 4 nitrogen and oxygen atoms in total. The largest absolute Gasteiger partial charge is 0.476 e. The third kappa shape index (κ3) is 1.55. The number of carbonyl (C=O) groups excluding carboxylic acids is 1. The van der Waals surface area contributed by atoms with E-state index >= 15 is 0 Å². The van der Waals surface area contributed by atoms with E-state index in [-0.39, 0.29) is 17.4 Å². The second kappa shape index (κ2) is 3.49. The molecule has 1 aliphatic rings. The van der Waals surface area contributed by atoms with Gasteiger partial charge in [0, 0.05) is 11.3 Å². The van der Waals surface area contributed by atoms with Gasteiger partial charge in [-0.2, -0.15) is 0 Å². The highest BCUT2D eigenvalue weighted by Gasteiger charge is 2.28. The molecule has 0 bridgehead atoms. The summed E-state index contributed by atoms with van der Waals surface area (Å²) in [6.07, 6.45) is 2.93. The topological polar surface area (TPSA) is 67.3 Å². The summed E-state index contributed by atoms with van der Waals surface area (Å²) in [4.78, 5) is 25.9. The third-order valence-corrected chi connectivity index (χ3v) is 3.27. The molecule has 0 aromatic carbocycles. The van der Waals surface area contributed by atoms with E-state index in [0.29, 0.717) is 5.01 Å². The summed E-state index contributed by atoms with van der Waals surface area (Å²) in [5.41, 5.74) is -0.0299. The summed E-state index contributed by atoms with van der Waals surface area (Å²) in [5, 5.41) is 10.4. The van der Waals surface area contributed by atoms with Crippen molar-refractivity contribution in [3.63, 3.8) is 0 Å². The number of thiazole rings is 1. The highest BCUT2D eigenvalue weighted by atomic mass is 32.1. The molecular weight excluding hydrogens is 202 g/mol. The Morgan fingerprint density at radius 2 is 2.21 bits per heavy atom. The van der Waals surface area contributed by atoms with Crippen molar-refractivity contribution in [2.75, 3.05) is 0 Å². The van der Waals surface area contributed by atoms with Crippen molar-refractivity contribution in [1.29, 1.82) is 0 Å². The van der Waals surface area contributed by atoms with Crippen LogP contribution in [0, 0.1) is 5.92 Å².